The van der Waals surface area contributed by atoms with Crippen LogP contribution in [-0.2, 0) is 13.0 Å². The molecule has 5 nitrogen and oxygen atoms in total. The summed E-state index contributed by atoms with van der Waals surface area (Å²) in [6.07, 6.45) is 5.32. The van der Waals surface area contributed by atoms with E-state index in [9.17, 15) is 0 Å². The van der Waals surface area contributed by atoms with Gasteiger partial charge in [-0.15, -0.1) is 0 Å². The number of thiazole rings is 1. The minimum absolute atomic E-state index is 0.136. The van der Waals surface area contributed by atoms with Crippen molar-refractivity contribution < 1.29 is 0 Å². The van der Waals surface area contributed by atoms with E-state index in [1.165, 1.54) is 11.1 Å². The Morgan fingerprint density at radius 2 is 1.91 bits per heavy atom. The number of piperidine rings is 1. The monoisotopic (exact) mass is 483 g/mol. The standard InChI is InChI=1S/C24H23Cl2N5S/c25-18-7-3-5-16(20(18)26)13-31-14-19-22(29-31)28-23(32-19)30-10-8-24(9-11-30)12-15-4-1-2-6-17(15)21(24)27/h1-7,14,21H,8-13,27H2/t21-/m1/s1. The quantitative estimate of drug-likeness (QED) is 0.406. The van der Waals surface area contributed by atoms with Gasteiger partial charge in [-0.05, 0) is 47.4 Å². The van der Waals surface area contributed by atoms with Crippen molar-refractivity contribution in [3.8, 4) is 0 Å². The number of nitrogens with two attached hydrogens (primary N) is 1. The van der Waals surface area contributed by atoms with Gasteiger partial charge in [0.1, 0.15) is 0 Å². The van der Waals surface area contributed by atoms with Crippen molar-refractivity contribution in [1.82, 2.24) is 14.8 Å². The summed E-state index contributed by atoms with van der Waals surface area (Å²) in [5, 5.41) is 6.86. The van der Waals surface area contributed by atoms with Gasteiger partial charge in [-0.25, -0.2) is 0 Å². The van der Waals surface area contributed by atoms with E-state index in [4.69, 9.17) is 33.9 Å². The van der Waals surface area contributed by atoms with Crippen molar-refractivity contribution in [2.24, 2.45) is 11.1 Å². The molecule has 0 bridgehead atoms. The summed E-state index contributed by atoms with van der Waals surface area (Å²) in [5.41, 5.74) is 11.4. The van der Waals surface area contributed by atoms with Crippen LogP contribution in [0.4, 0.5) is 5.13 Å². The maximum atomic E-state index is 6.72. The van der Waals surface area contributed by atoms with Gasteiger partial charge < -0.3 is 10.6 Å². The third kappa shape index (κ3) is 3.32. The molecular weight excluding hydrogens is 461 g/mol. The van der Waals surface area contributed by atoms with Gasteiger partial charge in [0, 0.05) is 25.3 Å². The summed E-state index contributed by atoms with van der Waals surface area (Å²) in [7, 11) is 0. The van der Waals surface area contributed by atoms with Gasteiger partial charge in [-0.2, -0.15) is 10.1 Å². The highest BCUT2D eigenvalue weighted by Gasteiger charge is 2.46. The lowest BCUT2D eigenvalue weighted by Gasteiger charge is -2.42. The second-order valence-corrected chi connectivity index (χ2v) is 10.7. The molecule has 1 fully saturated rings. The second-order valence-electron chi connectivity index (χ2n) is 8.93. The highest BCUT2D eigenvalue weighted by Crippen LogP contribution is 2.51. The van der Waals surface area contributed by atoms with Crippen LogP contribution in [0.5, 0.6) is 0 Å². The Morgan fingerprint density at radius 1 is 1.09 bits per heavy atom. The second kappa shape index (κ2) is 7.73. The first kappa shape index (κ1) is 20.5. The van der Waals surface area contributed by atoms with Crippen LogP contribution in [0.15, 0.2) is 48.7 Å². The highest BCUT2D eigenvalue weighted by molar-refractivity contribution is 7.22. The molecular formula is C24H23Cl2N5S. The maximum Gasteiger partial charge on any atom is 0.194 e. The van der Waals surface area contributed by atoms with Crippen LogP contribution in [0.1, 0.15) is 35.6 Å². The van der Waals surface area contributed by atoms with Crippen LogP contribution in [0.2, 0.25) is 10.0 Å². The predicted octanol–water partition coefficient (Wildman–Crippen LogP) is 5.69. The molecule has 1 spiro atoms. The summed E-state index contributed by atoms with van der Waals surface area (Å²) in [5.74, 6) is 0. The van der Waals surface area contributed by atoms with E-state index in [0.717, 1.165) is 53.4 Å². The number of fused-ring (bicyclic) bond motifs is 2. The van der Waals surface area contributed by atoms with Crippen molar-refractivity contribution in [3.63, 3.8) is 0 Å². The molecule has 1 aliphatic heterocycles. The first-order valence-corrected chi connectivity index (χ1v) is 12.4. The molecule has 1 aliphatic carbocycles. The zero-order valence-electron chi connectivity index (χ0n) is 17.5. The number of aromatic nitrogens is 3. The molecule has 1 saturated heterocycles. The molecule has 2 aliphatic rings. The van der Waals surface area contributed by atoms with Crippen LogP contribution in [0, 0.1) is 5.41 Å². The average Bonchev–Trinajstić information content (AvgIpc) is 3.43. The minimum Gasteiger partial charge on any atom is -0.348 e. The van der Waals surface area contributed by atoms with E-state index >= 15 is 0 Å². The third-order valence-corrected chi connectivity index (χ3v) is 9.00. The summed E-state index contributed by atoms with van der Waals surface area (Å²) in [4.78, 5) is 7.23. The van der Waals surface area contributed by atoms with Crippen molar-refractivity contribution >= 4 is 50.0 Å². The lowest BCUT2D eigenvalue weighted by Crippen LogP contribution is -2.44. The molecule has 6 rings (SSSR count). The number of benzene rings is 2. The fraction of sp³-hybridized carbons (Fsp3) is 0.333. The predicted molar refractivity (Wildman–Crippen MR) is 132 cm³/mol. The first-order chi connectivity index (χ1) is 15.5. The molecule has 2 aromatic heterocycles. The lowest BCUT2D eigenvalue weighted by atomic mass is 9.73. The van der Waals surface area contributed by atoms with E-state index in [1.54, 1.807) is 17.4 Å². The number of hydrogen-bond donors (Lipinski definition) is 1. The fourth-order valence-corrected chi connectivity index (χ4v) is 6.64. The van der Waals surface area contributed by atoms with E-state index in [0.29, 0.717) is 16.6 Å². The van der Waals surface area contributed by atoms with Gasteiger partial charge in [0.25, 0.3) is 0 Å². The van der Waals surface area contributed by atoms with Gasteiger partial charge in [0.2, 0.25) is 0 Å². The van der Waals surface area contributed by atoms with Crippen LogP contribution in [0.25, 0.3) is 10.3 Å². The third-order valence-electron chi connectivity index (χ3n) is 7.10. The largest absolute Gasteiger partial charge is 0.348 e. The SMILES string of the molecule is N[C@@H]1c2ccccc2CC12CCN(c1nc3nn(Cc4cccc(Cl)c4Cl)cc3s1)CC2. The zero-order chi connectivity index (χ0) is 21.9. The molecule has 0 saturated carbocycles. The Kier molecular flexibility index (Phi) is 4.95. The highest BCUT2D eigenvalue weighted by atomic mass is 35.5. The van der Waals surface area contributed by atoms with E-state index in [2.05, 4.69) is 34.3 Å². The molecule has 0 unspecified atom stereocenters. The summed E-state index contributed by atoms with van der Waals surface area (Å²) >= 11 is 14.2. The number of rotatable bonds is 3. The van der Waals surface area contributed by atoms with Crippen molar-refractivity contribution in [3.05, 3.63) is 75.4 Å². The molecule has 1 atom stereocenters. The van der Waals surface area contributed by atoms with Crippen LogP contribution in [-0.4, -0.2) is 27.9 Å². The number of halogens is 2. The Balaban J connectivity index is 1.17. The lowest BCUT2D eigenvalue weighted by molar-refractivity contribution is 0.187. The Bertz CT molecular complexity index is 1270. The zero-order valence-corrected chi connectivity index (χ0v) is 19.8. The van der Waals surface area contributed by atoms with Gasteiger partial charge in [-0.3, -0.25) is 4.68 Å². The van der Waals surface area contributed by atoms with Gasteiger partial charge in [0.15, 0.2) is 10.8 Å². The molecule has 0 amide bonds. The fourth-order valence-electron chi connectivity index (χ4n) is 5.26. The van der Waals surface area contributed by atoms with Gasteiger partial charge in [-0.1, -0.05) is 70.9 Å². The number of hydrogen-bond acceptors (Lipinski definition) is 5. The minimum atomic E-state index is 0.136. The molecule has 164 valence electrons. The summed E-state index contributed by atoms with van der Waals surface area (Å²) in [6.45, 7) is 2.54. The molecule has 4 aromatic rings. The normalized spacial score (nSPS) is 19.7. The first-order valence-electron chi connectivity index (χ1n) is 10.9. The Labute approximate surface area is 200 Å². The summed E-state index contributed by atoms with van der Waals surface area (Å²) < 4.78 is 2.97. The van der Waals surface area contributed by atoms with Crippen molar-refractivity contribution in [1.29, 1.82) is 0 Å². The molecule has 2 aromatic carbocycles. The Hall–Kier alpha value is -2.12. The molecule has 32 heavy (non-hydrogen) atoms. The molecule has 0 radical (unpaired) electrons. The van der Waals surface area contributed by atoms with Crippen LogP contribution in [0.3, 0.4) is 0 Å². The molecule has 8 heteroatoms. The summed E-state index contributed by atoms with van der Waals surface area (Å²) in [6, 6.07) is 14.5. The van der Waals surface area contributed by atoms with E-state index in [-0.39, 0.29) is 11.5 Å². The number of nitrogens with zero attached hydrogens (tertiary/aromatic N) is 4. The average molecular weight is 484 g/mol. The Morgan fingerprint density at radius 3 is 2.69 bits per heavy atom. The smallest absolute Gasteiger partial charge is 0.194 e. The van der Waals surface area contributed by atoms with Crippen molar-refractivity contribution in [2.75, 3.05) is 18.0 Å². The van der Waals surface area contributed by atoms with E-state index in [1.807, 2.05) is 23.0 Å². The van der Waals surface area contributed by atoms with Gasteiger partial charge >= 0.3 is 0 Å². The topological polar surface area (TPSA) is 60.0 Å². The maximum absolute atomic E-state index is 6.72. The van der Waals surface area contributed by atoms with Crippen molar-refractivity contribution in [2.45, 2.75) is 31.8 Å². The van der Waals surface area contributed by atoms with Crippen LogP contribution >= 0.6 is 34.5 Å². The van der Waals surface area contributed by atoms with Crippen LogP contribution < -0.4 is 10.6 Å². The number of anilines is 1. The van der Waals surface area contributed by atoms with Gasteiger partial charge in [0.05, 0.1) is 21.3 Å². The molecule has 2 N–H and O–H groups in total. The molecule has 3 heterocycles. The van der Waals surface area contributed by atoms with E-state index < -0.39 is 0 Å².